The van der Waals surface area contributed by atoms with Crippen LogP contribution in [0.15, 0.2) is 16.6 Å². The van der Waals surface area contributed by atoms with E-state index in [1.54, 1.807) is 6.92 Å². The van der Waals surface area contributed by atoms with Gasteiger partial charge in [0, 0.05) is 10.0 Å². The van der Waals surface area contributed by atoms with Crippen molar-refractivity contribution in [2.24, 2.45) is 0 Å². The van der Waals surface area contributed by atoms with Crippen molar-refractivity contribution in [3.8, 4) is 0 Å². The van der Waals surface area contributed by atoms with Crippen LogP contribution in [0.3, 0.4) is 0 Å². The zero-order valence-electron chi connectivity index (χ0n) is 8.63. The minimum atomic E-state index is -0.551. The Morgan fingerprint density at radius 2 is 2.25 bits per heavy atom. The minimum absolute atomic E-state index is 0.0625. The molecule has 0 aliphatic carbocycles. The first kappa shape index (κ1) is 12.8. The van der Waals surface area contributed by atoms with Gasteiger partial charge in [0.15, 0.2) is 6.29 Å². The van der Waals surface area contributed by atoms with Crippen LogP contribution in [0.25, 0.3) is 0 Å². The number of hydrogen-bond acceptors (Lipinski definition) is 3. The van der Waals surface area contributed by atoms with E-state index >= 15 is 0 Å². The summed E-state index contributed by atoms with van der Waals surface area (Å²) in [5, 5.41) is 0. The van der Waals surface area contributed by atoms with Gasteiger partial charge in [-0.05, 0) is 40.5 Å². The van der Waals surface area contributed by atoms with Crippen molar-refractivity contribution in [3.05, 3.63) is 33.5 Å². The SMILES string of the molecule is CCOC(=O)Cc1cc(F)cc(C=O)c1Br. The van der Waals surface area contributed by atoms with Gasteiger partial charge in [-0.1, -0.05) is 0 Å². The number of halogens is 2. The van der Waals surface area contributed by atoms with E-state index in [4.69, 9.17) is 4.74 Å². The fourth-order valence-electron chi connectivity index (χ4n) is 1.25. The van der Waals surface area contributed by atoms with Gasteiger partial charge < -0.3 is 4.74 Å². The zero-order valence-corrected chi connectivity index (χ0v) is 10.2. The molecule has 0 fully saturated rings. The van der Waals surface area contributed by atoms with E-state index in [0.717, 1.165) is 6.07 Å². The van der Waals surface area contributed by atoms with E-state index in [0.29, 0.717) is 16.3 Å². The summed E-state index contributed by atoms with van der Waals surface area (Å²) < 4.78 is 18.3. The van der Waals surface area contributed by atoms with E-state index < -0.39 is 11.8 Å². The van der Waals surface area contributed by atoms with Crippen LogP contribution in [0.1, 0.15) is 22.8 Å². The quantitative estimate of drug-likeness (QED) is 0.632. The highest BCUT2D eigenvalue weighted by molar-refractivity contribution is 9.10. The average Bonchev–Trinajstić information content (AvgIpc) is 2.23. The molecule has 1 aromatic carbocycles. The Morgan fingerprint density at radius 3 is 2.81 bits per heavy atom. The van der Waals surface area contributed by atoms with E-state index in [1.807, 2.05) is 0 Å². The van der Waals surface area contributed by atoms with Gasteiger partial charge in [0.2, 0.25) is 0 Å². The Balaban J connectivity index is 2.99. The van der Waals surface area contributed by atoms with Crippen molar-refractivity contribution in [3.63, 3.8) is 0 Å². The summed E-state index contributed by atoms with van der Waals surface area (Å²) in [6.45, 7) is 1.96. The maximum absolute atomic E-state index is 13.1. The normalized spacial score (nSPS) is 9.94. The summed E-state index contributed by atoms with van der Waals surface area (Å²) in [5.41, 5.74) is 0.583. The predicted octanol–water partition coefficient (Wildman–Crippen LogP) is 2.51. The largest absolute Gasteiger partial charge is 0.466 e. The van der Waals surface area contributed by atoms with Crippen molar-refractivity contribution < 1.29 is 18.7 Å². The number of carbonyl (C=O) groups is 2. The topological polar surface area (TPSA) is 43.4 Å². The van der Waals surface area contributed by atoms with Gasteiger partial charge in [-0.15, -0.1) is 0 Å². The number of ether oxygens (including phenoxy) is 1. The molecule has 0 unspecified atom stereocenters. The summed E-state index contributed by atoms with van der Waals surface area (Å²) in [5.74, 6) is -1.00. The molecule has 1 rings (SSSR count). The molecule has 0 saturated heterocycles. The number of benzene rings is 1. The third kappa shape index (κ3) is 3.13. The van der Waals surface area contributed by atoms with Crippen molar-refractivity contribution in [1.82, 2.24) is 0 Å². The molecule has 0 atom stereocenters. The van der Waals surface area contributed by atoms with Crippen molar-refractivity contribution in [1.29, 1.82) is 0 Å². The Hall–Kier alpha value is -1.23. The minimum Gasteiger partial charge on any atom is -0.466 e. The second kappa shape index (κ2) is 5.75. The van der Waals surface area contributed by atoms with Gasteiger partial charge in [-0.2, -0.15) is 0 Å². The van der Waals surface area contributed by atoms with E-state index in [9.17, 15) is 14.0 Å². The first-order chi connectivity index (χ1) is 7.58. The van der Waals surface area contributed by atoms with Crippen LogP contribution in [0.4, 0.5) is 4.39 Å². The molecule has 5 heteroatoms. The van der Waals surface area contributed by atoms with Crippen LogP contribution in [0.2, 0.25) is 0 Å². The number of carbonyl (C=O) groups excluding carboxylic acids is 2. The van der Waals surface area contributed by atoms with Crippen molar-refractivity contribution in [2.75, 3.05) is 6.61 Å². The number of esters is 1. The highest BCUT2D eigenvalue weighted by Gasteiger charge is 2.12. The summed E-state index contributed by atoms with van der Waals surface area (Å²) in [7, 11) is 0. The fraction of sp³-hybridized carbons (Fsp3) is 0.273. The van der Waals surface area contributed by atoms with Crippen LogP contribution in [-0.4, -0.2) is 18.9 Å². The summed E-state index contributed by atoms with van der Waals surface area (Å²) in [6.07, 6.45) is 0.467. The lowest BCUT2D eigenvalue weighted by molar-refractivity contribution is -0.142. The highest BCUT2D eigenvalue weighted by Crippen LogP contribution is 2.23. The van der Waals surface area contributed by atoms with Gasteiger partial charge in [0.05, 0.1) is 13.0 Å². The molecule has 0 aliphatic heterocycles. The second-order valence-corrected chi connectivity index (χ2v) is 3.86. The van der Waals surface area contributed by atoms with Gasteiger partial charge in [0.25, 0.3) is 0 Å². The standard InChI is InChI=1S/C11H10BrFO3/c1-2-16-10(15)5-7-3-9(13)4-8(6-14)11(7)12/h3-4,6H,2,5H2,1H3. The third-order valence-electron chi connectivity index (χ3n) is 1.91. The van der Waals surface area contributed by atoms with Gasteiger partial charge in [0.1, 0.15) is 5.82 Å². The number of hydrogen-bond donors (Lipinski definition) is 0. The van der Waals surface area contributed by atoms with Crippen molar-refractivity contribution in [2.45, 2.75) is 13.3 Å². The molecular formula is C11H10BrFO3. The molecule has 0 N–H and O–H groups in total. The maximum atomic E-state index is 13.1. The first-order valence-corrected chi connectivity index (χ1v) is 5.46. The van der Waals surface area contributed by atoms with Gasteiger partial charge in [-0.25, -0.2) is 4.39 Å². The molecule has 0 saturated carbocycles. The molecular weight excluding hydrogens is 279 g/mol. The highest BCUT2D eigenvalue weighted by atomic mass is 79.9. The number of rotatable bonds is 4. The molecule has 0 spiro atoms. The van der Waals surface area contributed by atoms with Gasteiger partial charge in [-0.3, -0.25) is 9.59 Å². The van der Waals surface area contributed by atoms with Crippen LogP contribution in [0, 0.1) is 5.82 Å². The fourth-order valence-corrected chi connectivity index (χ4v) is 1.71. The molecule has 0 radical (unpaired) electrons. The molecule has 0 bridgehead atoms. The van der Waals surface area contributed by atoms with Crippen LogP contribution in [-0.2, 0) is 16.0 Å². The molecule has 16 heavy (non-hydrogen) atoms. The lowest BCUT2D eigenvalue weighted by Gasteiger charge is -2.06. The van der Waals surface area contributed by atoms with E-state index in [1.165, 1.54) is 6.07 Å². The smallest absolute Gasteiger partial charge is 0.310 e. The van der Waals surface area contributed by atoms with E-state index in [2.05, 4.69) is 15.9 Å². The predicted molar refractivity (Wildman–Crippen MR) is 59.8 cm³/mol. The molecule has 0 aliphatic rings. The summed E-state index contributed by atoms with van der Waals surface area (Å²) >= 11 is 3.15. The summed E-state index contributed by atoms with van der Waals surface area (Å²) in [6, 6.07) is 2.31. The third-order valence-corrected chi connectivity index (χ3v) is 2.88. The summed E-state index contributed by atoms with van der Waals surface area (Å²) in [4.78, 5) is 21.9. The molecule has 1 aromatic rings. The maximum Gasteiger partial charge on any atom is 0.310 e. The lowest BCUT2D eigenvalue weighted by atomic mass is 10.1. The molecule has 0 aromatic heterocycles. The van der Waals surface area contributed by atoms with Crippen LogP contribution in [0.5, 0.6) is 0 Å². The van der Waals surface area contributed by atoms with E-state index in [-0.39, 0.29) is 18.6 Å². The van der Waals surface area contributed by atoms with Crippen LogP contribution < -0.4 is 0 Å². The first-order valence-electron chi connectivity index (χ1n) is 4.67. The van der Waals surface area contributed by atoms with Crippen LogP contribution >= 0.6 is 15.9 Å². The molecule has 3 nitrogen and oxygen atoms in total. The number of aldehydes is 1. The van der Waals surface area contributed by atoms with Crippen molar-refractivity contribution >= 4 is 28.2 Å². The zero-order chi connectivity index (χ0) is 12.1. The Kier molecular flexibility index (Phi) is 4.61. The molecule has 86 valence electrons. The Labute approximate surface area is 101 Å². The molecule has 0 heterocycles. The van der Waals surface area contributed by atoms with Gasteiger partial charge >= 0.3 is 5.97 Å². The Bertz CT molecular complexity index is 418. The lowest BCUT2D eigenvalue weighted by Crippen LogP contribution is -2.09. The second-order valence-electron chi connectivity index (χ2n) is 3.07. The average molecular weight is 289 g/mol. The Morgan fingerprint density at radius 1 is 1.56 bits per heavy atom. The monoisotopic (exact) mass is 288 g/mol. The molecule has 0 amide bonds.